The minimum atomic E-state index is -3.97. The third-order valence-corrected chi connectivity index (χ3v) is 7.67. The lowest BCUT2D eigenvalue weighted by molar-refractivity contribution is 0.0846. The Labute approximate surface area is 215 Å². The van der Waals surface area contributed by atoms with Crippen LogP contribution >= 0.6 is 34.5 Å². The Bertz CT molecular complexity index is 1330. The summed E-state index contributed by atoms with van der Waals surface area (Å²) in [6.45, 7) is 0. The van der Waals surface area contributed by atoms with Crippen LogP contribution in [0.2, 0.25) is 8.67 Å². The Kier molecular flexibility index (Phi) is 8.33. The molecule has 1 heterocycles. The largest absolute Gasteiger partial charge is 0.493 e. The second-order valence-corrected chi connectivity index (χ2v) is 10.6. The van der Waals surface area contributed by atoms with Gasteiger partial charge in [-0.3, -0.25) is 25.2 Å². The van der Waals surface area contributed by atoms with Crippen molar-refractivity contribution in [2.24, 2.45) is 0 Å². The van der Waals surface area contributed by atoms with Crippen LogP contribution in [0.1, 0.15) is 20.7 Å². The fourth-order valence-electron chi connectivity index (χ4n) is 2.88. The van der Waals surface area contributed by atoms with E-state index in [1.54, 1.807) is 0 Å². The summed E-state index contributed by atoms with van der Waals surface area (Å²) in [7, 11) is 0.289. The first-order valence-corrected chi connectivity index (χ1v) is 12.6. The molecule has 0 unspecified atom stereocenters. The minimum Gasteiger partial charge on any atom is -0.493 e. The normalized spacial score (nSPS) is 10.9. The van der Waals surface area contributed by atoms with E-state index in [2.05, 4.69) is 15.6 Å². The van der Waals surface area contributed by atoms with Crippen molar-refractivity contribution in [3.63, 3.8) is 0 Å². The number of amides is 2. The van der Waals surface area contributed by atoms with Gasteiger partial charge in [-0.25, -0.2) is 8.42 Å². The quantitative estimate of drug-likeness (QED) is 0.356. The van der Waals surface area contributed by atoms with Gasteiger partial charge in [0.25, 0.3) is 21.8 Å². The molecular weight excluding hydrogens is 541 g/mol. The number of hydrazine groups is 1. The van der Waals surface area contributed by atoms with Crippen LogP contribution in [-0.4, -0.2) is 41.6 Å². The SMILES string of the molecule is COc1cc(C(=O)NNC(=O)c2ccc(NS(=O)(=O)c3cc(Cl)sc3Cl)cc2)cc(OC)c1OC. The molecule has 0 aliphatic heterocycles. The first kappa shape index (κ1) is 26.4. The van der Waals surface area contributed by atoms with E-state index in [0.717, 1.165) is 11.3 Å². The molecule has 0 aliphatic carbocycles. The number of nitrogens with one attached hydrogen (secondary N) is 3. The number of carbonyl (C=O) groups is 2. The second kappa shape index (κ2) is 11.0. The zero-order valence-corrected chi connectivity index (χ0v) is 21.6. The van der Waals surface area contributed by atoms with Gasteiger partial charge in [-0.2, -0.15) is 0 Å². The predicted molar refractivity (Wildman–Crippen MR) is 133 cm³/mol. The molecule has 186 valence electrons. The summed E-state index contributed by atoms with van der Waals surface area (Å²) >= 11 is 12.7. The van der Waals surface area contributed by atoms with Crippen LogP contribution in [0.15, 0.2) is 47.4 Å². The number of benzene rings is 2. The zero-order valence-electron chi connectivity index (χ0n) is 18.5. The molecule has 3 aromatic rings. The monoisotopic (exact) mass is 559 g/mol. The van der Waals surface area contributed by atoms with Gasteiger partial charge in [0.15, 0.2) is 11.5 Å². The van der Waals surface area contributed by atoms with Crippen LogP contribution < -0.4 is 29.8 Å². The number of anilines is 1. The van der Waals surface area contributed by atoms with Gasteiger partial charge in [0.1, 0.15) is 9.23 Å². The molecule has 35 heavy (non-hydrogen) atoms. The maximum atomic E-state index is 12.5. The number of carbonyl (C=O) groups excluding carboxylic acids is 2. The summed E-state index contributed by atoms with van der Waals surface area (Å²) in [5.74, 6) is -0.406. The van der Waals surface area contributed by atoms with Gasteiger partial charge in [-0.15, -0.1) is 11.3 Å². The maximum Gasteiger partial charge on any atom is 0.269 e. The summed E-state index contributed by atoms with van der Waals surface area (Å²) in [6.07, 6.45) is 0. The van der Waals surface area contributed by atoms with Gasteiger partial charge in [-0.1, -0.05) is 23.2 Å². The number of thiophene rings is 1. The van der Waals surface area contributed by atoms with Gasteiger partial charge in [-0.05, 0) is 42.5 Å². The highest BCUT2D eigenvalue weighted by molar-refractivity contribution is 7.93. The highest BCUT2D eigenvalue weighted by atomic mass is 35.5. The van der Waals surface area contributed by atoms with Crippen molar-refractivity contribution in [2.75, 3.05) is 26.1 Å². The van der Waals surface area contributed by atoms with Crippen LogP contribution in [-0.2, 0) is 10.0 Å². The van der Waals surface area contributed by atoms with Crippen LogP contribution in [0, 0.1) is 0 Å². The number of sulfonamides is 1. The molecule has 3 N–H and O–H groups in total. The lowest BCUT2D eigenvalue weighted by Crippen LogP contribution is -2.41. The molecule has 2 amide bonds. The number of rotatable bonds is 8. The predicted octanol–water partition coefficient (Wildman–Crippen LogP) is 3.96. The Morgan fingerprint density at radius 3 is 1.83 bits per heavy atom. The lowest BCUT2D eigenvalue weighted by atomic mass is 10.1. The molecule has 1 aromatic heterocycles. The number of ether oxygens (including phenoxy) is 3. The third-order valence-electron chi connectivity index (χ3n) is 4.53. The molecule has 2 aromatic carbocycles. The Morgan fingerprint density at radius 1 is 0.829 bits per heavy atom. The maximum absolute atomic E-state index is 12.5. The molecule has 0 fully saturated rings. The summed E-state index contributed by atoms with van der Waals surface area (Å²) in [5.41, 5.74) is 5.08. The first-order chi connectivity index (χ1) is 16.6. The molecule has 14 heteroatoms. The van der Waals surface area contributed by atoms with E-state index in [-0.39, 0.29) is 41.9 Å². The number of hydrogen-bond donors (Lipinski definition) is 3. The van der Waals surface area contributed by atoms with Crippen molar-refractivity contribution in [3.05, 3.63) is 62.3 Å². The zero-order chi connectivity index (χ0) is 25.8. The summed E-state index contributed by atoms with van der Waals surface area (Å²) in [6, 6.07) is 9.62. The number of halogens is 2. The average molecular weight is 560 g/mol. The van der Waals surface area contributed by atoms with Crippen molar-refractivity contribution in [2.45, 2.75) is 4.90 Å². The molecule has 0 aliphatic rings. The minimum absolute atomic E-state index is 0.0290. The van der Waals surface area contributed by atoms with Gasteiger partial charge in [0, 0.05) is 16.8 Å². The van der Waals surface area contributed by atoms with E-state index in [1.165, 1.54) is 63.8 Å². The molecule has 0 saturated carbocycles. The van der Waals surface area contributed by atoms with E-state index in [4.69, 9.17) is 37.4 Å². The van der Waals surface area contributed by atoms with E-state index in [1.807, 2.05) is 0 Å². The van der Waals surface area contributed by atoms with E-state index < -0.39 is 21.8 Å². The van der Waals surface area contributed by atoms with Crippen molar-refractivity contribution in [1.82, 2.24) is 10.9 Å². The topological polar surface area (TPSA) is 132 Å². The molecule has 3 rings (SSSR count). The second-order valence-electron chi connectivity index (χ2n) is 6.69. The molecule has 0 saturated heterocycles. The number of methoxy groups -OCH3 is 3. The van der Waals surface area contributed by atoms with Gasteiger partial charge in [0.2, 0.25) is 5.75 Å². The van der Waals surface area contributed by atoms with Gasteiger partial charge in [0.05, 0.1) is 25.7 Å². The lowest BCUT2D eigenvalue weighted by Gasteiger charge is -2.14. The number of hydrogen-bond acceptors (Lipinski definition) is 8. The highest BCUT2D eigenvalue weighted by Crippen LogP contribution is 2.38. The van der Waals surface area contributed by atoms with Gasteiger partial charge >= 0.3 is 0 Å². The molecule has 0 bridgehead atoms. The van der Waals surface area contributed by atoms with Crippen LogP contribution in [0.25, 0.3) is 0 Å². The van der Waals surface area contributed by atoms with Crippen LogP contribution in [0.5, 0.6) is 17.2 Å². The van der Waals surface area contributed by atoms with Crippen molar-refractivity contribution in [3.8, 4) is 17.2 Å². The highest BCUT2D eigenvalue weighted by Gasteiger charge is 2.21. The van der Waals surface area contributed by atoms with Crippen molar-refractivity contribution >= 4 is 62.1 Å². The average Bonchev–Trinajstić information content (AvgIpc) is 3.20. The first-order valence-electron chi connectivity index (χ1n) is 9.58. The Morgan fingerprint density at radius 2 is 1.37 bits per heavy atom. The third kappa shape index (κ3) is 6.09. The van der Waals surface area contributed by atoms with Crippen LogP contribution in [0.4, 0.5) is 5.69 Å². The van der Waals surface area contributed by atoms with Crippen LogP contribution in [0.3, 0.4) is 0 Å². The molecule has 0 radical (unpaired) electrons. The van der Waals surface area contributed by atoms with E-state index in [9.17, 15) is 18.0 Å². The van der Waals surface area contributed by atoms with Crippen molar-refractivity contribution in [1.29, 1.82) is 0 Å². The molecule has 0 atom stereocenters. The molecular formula is C21H19Cl2N3O7S2. The smallest absolute Gasteiger partial charge is 0.269 e. The Hall–Kier alpha value is -3.19. The van der Waals surface area contributed by atoms with E-state index >= 15 is 0 Å². The molecule has 0 spiro atoms. The summed E-state index contributed by atoms with van der Waals surface area (Å²) in [4.78, 5) is 24.8. The summed E-state index contributed by atoms with van der Waals surface area (Å²) < 4.78 is 43.3. The standard InChI is InChI=1S/C21H19Cl2N3O7S2/c1-31-14-8-12(9-15(32-2)18(14)33-3)21(28)25-24-20(27)11-4-6-13(7-5-11)26-35(29,30)16-10-17(22)34-19(16)23/h4-10,26H,1-3H3,(H,24,27)(H,25,28). The van der Waals surface area contributed by atoms with Gasteiger partial charge < -0.3 is 14.2 Å². The fourth-order valence-corrected chi connectivity index (χ4v) is 6.09. The van der Waals surface area contributed by atoms with E-state index in [0.29, 0.717) is 5.75 Å². The molecule has 10 nitrogen and oxygen atoms in total. The Balaban J connectivity index is 1.66. The summed E-state index contributed by atoms with van der Waals surface area (Å²) in [5, 5.41) is 0. The van der Waals surface area contributed by atoms with Crippen molar-refractivity contribution < 1.29 is 32.2 Å². The fraction of sp³-hybridized carbons (Fsp3) is 0.143.